The van der Waals surface area contributed by atoms with Gasteiger partial charge in [0.25, 0.3) is 5.91 Å². The molecule has 1 amide bonds. The quantitative estimate of drug-likeness (QED) is 0.331. The van der Waals surface area contributed by atoms with E-state index in [-0.39, 0.29) is 11.5 Å². The normalized spacial score (nSPS) is 19.4. The standard InChI is InChI=1S/C30H35N5O6S/c1-21-17-23(19-31-32-30(36)29-20-40-27-7-3-4-8-28(27)41-29)22(2)35(21)26-18-24(9-10-25(26)33-11-5-6-12-33)42(37,38)34-13-15-39-16-14-34/h3-4,7-10,17-19,29H,5-6,11-16,20H2,1-2H3,(H,32,36)/b31-19+. The highest BCUT2D eigenvalue weighted by molar-refractivity contribution is 7.89. The molecule has 0 bridgehead atoms. The summed E-state index contributed by atoms with van der Waals surface area (Å²) < 4.78 is 47.4. The van der Waals surface area contributed by atoms with Crippen molar-refractivity contribution in [1.29, 1.82) is 0 Å². The molecule has 2 fully saturated rings. The maximum absolute atomic E-state index is 13.5. The number of aromatic nitrogens is 1. The van der Waals surface area contributed by atoms with Crippen molar-refractivity contribution in [2.45, 2.75) is 37.7 Å². The third-order valence-electron chi connectivity index (χ3n) is 7.89. The average molecular weight is 594 g/mol. The molecule has 3 aliphatic rings. The molecule has 0 spiro atoms. The van der Waals surface area contributed by atoms with E-state index in [9.17, 15) is 13.2 Å². The monoisotopic (exact) mass is 593 g/mol. The minimum Gasteiger partial charge on any atom is -0.485 e. The molecule has 2 saturated heterocycles. The molecule has 222 valence electrons. The zero-order valence-corrected chi connectivity index (χ0v) is 24.6. The molecule has 6 rings (SSSR count). The Labute approximate surface area is 245 Å². The predicted molar refractivity (Wildman–Crippen MR) is 158 cm³/mol. The summed E-state index contributed by atoms with van der Waals surface area (Å²) in [5.74, 6) is 0.711. The van der Waals surface area contributed by atoms with Crippen LogP contribution in [0.25, 0.3) is 5.69 Å². The molecule has 3 aliphatic heterocycles. The van der Waals surface area contributed by atoms with E-state index in [0.717, 1.165) is 54.3 Å². The van der Waals surface area contributed by atoms with Gasteiger partial charge in [-0.15, -0.1) is 0 Å². The first-order valence-electron chi connectivity index (χ1n) is 14.2. The van der Waals surface area contributed by atoms with E-state index < -0.39 is 22.0 Å². The van der Waals surface area contributed by atoms with Gasteiger partial charge in [0.05, 0.1) is 35.7 Å². The Morgan fingerprint density at radius 2 is 1.71 bits per heavy atom. The molecule has 1 N–H and O–H groups in total. The molecule has 0 radical (unpaired) electrons. The summed E-state index contributed by atoms with van der Waals surface area (Å²) in [5.41, 5.74) is 6.94. The van der Waals surface area contributed by atoms with Gasteiger partial charge in [-0.1, -0.05) is 12.1 Å². The number of morpholine rings is 1. The van der Waals surface area contributed by atoms with Crippen molar-refractivity contribution in [3.63, 3.8) is 0 Å². The third-order valence-corrected chi connectivity index (χ3v) is 9.79. The number of amides is 1. The second-order valence-corrected chi connectivity index (χ2v) is 12.6. The summed E-state index contributed by atoms with van der Waals surface area (Å²) in [6.07, 6.45) is 2.97. The molecule has 1 atom stereocenters. The predicted octanol–water partition coefficient (Wildman–Crippen LogP) is 3.01. The van der Waals surface area contributed by atoms with E-state index in [4.69, 9.17) is 14.2 Å². The number of hydrogen-bond acceptors (Lipinski definition) is 8. The number of sulfonamides is 1. The Kier molecular flexibility index (Phi) is 7.93. The molecule has 11 nitrogen and oxygen atoms in total. The van der Waals surface area contributed by atoms with Crippen LogP contribution in [-0.2, 0) is 19.6 Å². The van der Waals surface area contributed by atoms with Gasteiger partial charge < -0.3 is 23.7 Å². The SMILES string of the molecule is Cc1cc(/C=N/NC(=O)C2COc3ccccc3O2)c(C)n1-c1cc(S(=O)(=O)N2CCOCC2)ccc1N1CCCC1. The molecule has 4 heterocycles. The molecule has 1 aromatic heterocycles. The fourth-order valence-electron chi connectivity index (χ4n) is 5.68. The molecule has 1 unspecified atom stereocenters. The van der Waals surface area contributed by atoms with Gasteiger partial charge in [-0.05, 0) is 63.1 Å². The van der Waals surface area contributed by atoms with Crippen LogP contribution in [0.15, 0.2) is 58.5 Å². The van der Waals surface area contributed by atoms with Gasteiger partial charge in [0.1, 0.15) is 6.61 Å². The van der Waals surface area contributed by atoms with Crippen LogP contribution in [0, 0.1) is 13.8 Å². The van der Waals surface area contributed by atoms with Crippen LogP contribution in [0.4, 0.5) is 5.69 Å². The fourth-order valence-corrected chi connectivity index (χ4v) is 7.11. The maximum atomic E-state index is 13.5. The van der Waals surface area contributed by atoms with Gasteiger partial charge in [-0.25, -0.2) is 13.8 Å². The van der Waals surface area contributed by atoms with Crippen molar-refractivity contribution in [2.24, 2.45) is 5.10 Å². The molecule has 2 aromatic carbocycles. The highest BCUT2D eigenvalue weighted by Crippen LogP contribution is 2.34. The van der Waals surface area contributed by atoms with E-state index >= 15 is 0 Å². The van der Waals surface area contributed by atoms with Crippen LogP contribution >= 0.6 is 0 Å². The summed E-state index contributed by atoms with van der Waals surface area (Å²) in [6, 6.07) is 14.6. The van der Waals surface area contributed by atoms with E-state index in [2.05, 4.69) is 20.0 Å². The first-order valence-corrected chi connectivity index (χ1v) is 15.6. The van der Waals surface area contributed by atoms with Gasteiger partial charge in [0.2, 0.25) is 16.1 Å². The van der Waals surface area contributed by atoms with Crippen LogP contribution < -0.4 is 19.8 Å². The lowest BCUT2D eigenvalue weighted by Crippen LogP contribution is -2.42. The summed E-state index contributed by atoms with van der Waals surface area (Å²) in [7, 11) is -3.68. The number of nitrogens with zero attached hydrogens (tertiary/aromatic N) is 4. The smallest absolute Gasteiger partial charge is 0.284 e. The van der Waals surface area contributed by atoms with Crippen LogP contribution in [0.3, 0.4) is 0 Å². The van der Waals surface area contributed by atoms with Crippen LogP contribution in [0.5, 0.6) is 11.5 Å². The summed E-state index contributed by atoms with van der Waals surface area (Å²) >= 11 is 0. The average Bonchev–Trinajstić information content (AvgIpc) is 3.65. The Hall–Kier alpha value is -3.87. The number of para-hydroxylation sites is 2. The number of rotatable bonds is 7. The number of fused-ring (bicyclic) bond motifs is 1. The van der Waals surface area contributed by atoms with Gasteiger partial charge in [0, 0.05) is 43.1 Å². The lowest BCUT2D eigenvalue weighted by Gasteiger charge is -2.28. The Bertz CT molecular complexity index is 1610. The second-order valence-electron chi connectivity index (χ2n) is 10.6. The highest BCUT2D eigenvalue weighted by atomic mass is 32.2. The number of nitrogens with one attached hydrogen (secondary N) is 1. The minimum atomic E-state index is -3.68. The molecular formula is C30H35N5O6S. The Balaban J connectivity index is 1.26. The van der Waals surface area contributed by atoms with E-state index in [1.54, 1.807) is 30.5 Å². The number of hydrazone groups is 1. The van der Waals surface area contributed by atoms with E-state index in [1.165, 1.54) is 4.31 Å². The largest absolute Gasteiger partial charge is 0.485 e. The number of anilines is 1. The molecule has 0 saturated carbocycles. The van der Waals surface area contributed by atoms with Crippen molar-refractivity contribution in [1.82, 2.24) is 14.3 Å². The number of hydrogen-bond donors (Lipinski definition) is 1. The van der Waals surface area contributed by atoms with Crippen molar-refractivity contribution in [3.8, 4) is 17.2 Å². The van der Waals surface area contributed by atoms with Gasteiger partial charge in [-0.2, -0.15) is 9.41 Å². The topological polar surface area (TPSA) is 115 Å². The lowest BCUT2D eigenvalue weighted by molar-refractivity contribution is -0.130. The zero-order chi connectivity index (χ0) is 29.3. The number of carbonyl (C=O) groups is 1. The van der Waals surface area contributed by atoms with Crippen molar-refractivity contribution < 1.29 is 27.4 Å². The zero-order valence-electron chi connectivity index (χ0n) is 23.8. The van der Waals surface area contributed by atoms with Crippen molar-refractivity contribution >= 4 is 27.8 Å². The van der Waals surface area contributed by atoms with Gasteiger partial charge >= 0.3 is 0 Å². The highest BCUT2D eigenvalue weighted by Gasteiger charge is 2.29. The molecule has 12 heteroatoms. The third kappa shape index (κ3) is 5.49. The van der Waals surface area contributed by atoms with Crippen molar-refractivity contribution in [2.75, 3.05) is 50.9 Å². The van der Waals surface area contributed by atoms with E-state index in [0.29, 0.717) is 37.8 Å². The van der Waals surface area contributed by atoms with Crippen molar-refractivity contribution in [3.05, 3.63) is 65.5 Å². The molecular weight excluding hydrogens is 558 g/mol. The maximum Gasteiger partial charge on any atom is 0.284 e. The Morgan fingerprint density at radius 3 is 2.48 bits per heavy atom. The second kappa shape index (κ2) is 11.8. The summed E-state index contributed by atoms with van der Waals surface area (Å²) in [5, 5.41) is 4.20. The fraction of sp³-hybridized carbons (Fsp3) is 0.400. The van der Waals surface area contributed by atoms with Crippen LogP contribution in [0.2, 0.25) is 0 Å². The summed E-state index contributed by atoms with van der Waals surface area (Å²) in [6.45, 7) is 7.32. The van der Waals surface area contributed by atoms with Gasteiger partial charge in [0.15, 0.2) is 11.5 Å². The Morgan fingerprint density at radius 1 is 0.976 bits per heavy atom. The molecule has 42 heavy (non-hydrogen) atoms. The number of ether oxygens (including phenoxy) is 3. The molecule has 3 aromatic rings. The van der Waals surface area contributed by atoms with E-state index in [1.807, 2.05) is 38.1 Å². The van der Waals surface area contributed by atoms with Crippen LogP contribution in [-0.4, -0.2) is 81.5 Å². The first kappa shape index (κ1) is 28.3. The number of carbonyl (C=O) groups excluding carboxylic acids is 1. The number of benzene rings is 2. The minimum absolute atomic E-state index is 0.0931. The van der Waals surface area contributed by atoms with Crippen LogP contribution in [0.1, 0.15) is 29.8 Å². The first-order chi connectivity index (χ1) is 20.3. The van der Waals surface area contributed by atoms with Gasteiger partial charge in [-0.3, -0.25) is 4.79 Å². The summed E-state index contributed by atoms with van der Waals surface area (Å²) in [4.78, 5) is 15.3. The molecule has 0 aliphatic carbocycles. The lowest BCUT2D eigenvalue weighted by atomic mass is 10.2. The number of aryl methyl sites for hydroxylation is 1.